The van der Waals surface area contributed by atoms with Gasteiger partial charge in [0, 0.05) is 5.69 Å². The standard InChI is InChI=1S/C20H21Cl2NO3/c1-4-12(2)15-7-5-6-8-18(15)23-19(24)13(3)26-20(25)14-9-10-16(21)17(22)11-14/h5-13H,4H2,1-3H3,(H,23,24)/t12-,13-/m0/s1. The van der Waals surface area contributed by atoms with E-state index in [1.807, 2.05) is 24.3 Å². The molecule has 26 heavy (non-hydrogen) atoms. The number of nitrogens with one attached hydrogen (secondary N) is 1. The Kier molecular flexibility index (Phi) is 7.06. The Hall–Kier alpha value is -2.04. The smallest absolute Gasteiger partial charge is 0.338 e. The number of esters is 1. The Morgan fingerprint density at radius 2 is 1.77 bits per heavy atom. The van der Waals surface area contributed by atoms with Crippen LogP contribution in [0.1, 0.15) is 49.0 Å². The maximum atomic E-state index is 12.4. The molecule has 2 rings (SSSR count). The van der Waals surface area contributed by atoms with E-state index < -0.39 is 18.0 Å². The number of ether oxygens (including phenoxy) is 1. The van der Waals surface area contributed by atoms with Gasteiger partial charge in [-0.3, -0.25) is 4.79 Å². The third-order valence-corrected chi connectivity index (χ3v) is 4.91. The van der Waals surface area contributed by atoms with E-state index >= 15 is 0 Å². The highest BCUT2D eigenvalue weighted by Crippen LogP contribution is 2.27. The number of carbonyl (C=O) groups excluding carboxylic acids is 2. The third-order valence-electron chi connectivity index (χ3n) is 4.17. The lowest BCUT2D eigenvalue weighted by atomic mass is 9.97. The molecule has 4 nitrogen and oxygen atoms in total. The zero-order chi connectivity index (χ0) is 19.3. The summed E-state index contributed by atoms with van der Waals surface area (Å²) in [5.41, 5.74) is 2.01. The van der Waals surface area contributed by atoms with Crippen LogP contribution in [0.3, 0.4) is 0 Å². The summed E-state index contributed by atoms with van der Waals surface area (Å²) < 4.78 is 5.24. The molecule has 2 aromatic carbocycles. The summed E-state index contributed by atoms with van der Waals surface area (Å²) >= 11 is 11.7. The van der Waals surface area contributed by atoms with Gasteiger partial charge in [-0.25, -0.2) is 4.79 Å². The molecule has 0 saturated carbocycles. The van der Waals surface area contributed by atoms with E-state index in [9.17, 15) is 9.59 Å². The first kappa shape index (κ1) is 20.3. The van der Waals surface area contributed by atoms with Crippen molar-refractivity contribution in [1.29, 1.82) is 0 Å². The fourth-order valence-electron chi connectivity index (χ4n) is 2.40. The summed E-state index contributed by atoms with van der Waals surface area (Å²) in [7, 11) is 0. The van der Waals surface area contributed by atoms with Gasteiger partial charge in [0.1, 0.15) is 0 Å². The number of rotatable bonds is 6. The van der Waals surface area contributed by atoms with Crippen LogP contribution in [0.5, 0.6) is 0 Å². The van der Waals surface area contributed by atoms with Gasteiger partial charge in [0.25, 0.3) is 5.91 Å². The fourth-order valence-corrected chi connectivity index (χ4v) is 2.70. The predicted octanol–water partition coefficient (Wildman–Crippen LogP) is 5.69. The lowest BCUT2D eigenvalue weighted by Crippen LogP contribution is -2.30. The monoisotopic (exact) mass is 393 g/mol. The summed E-state index contributed by atoms with van der Waals surface area (Å²) in [6.07, 6.45) is -0.00341. The summed E-state index contributed by atoms with van der Waals surface area (Å²) in [6.45, 7) is 5.71. The maximum absolute atomic E-state index is 12.4. The number of halogens is 2. The molecule has 0 fully saturated rings. The molecule has 0 saturated heterocycles. The molecule has 0 spiro atoms. The van der Waals surface area contributed by atoms with Gasteiger partial charge < -0.3 is 10.1 Å². The first-order valence-electron chi connectivity index (χ1n) is 8.39. The van der Waals surface area contributed by atoms with Gasteiger partial charge in [0.05, 0.1) is 15.6 Å². The molecule has 6 heteroatoms. The SMILES string of the molecule is CC[C@H](C)c1ccccc1NC(=O)[C@H](C)OC(=O)c1ccc(Cl)c(Cl)c1. The van der Waals surface area contributed by atoms with Crippen molar-refractivity contribution in [3.63, 3.8) is 0 Å². The number of amides is 1. The van der Waals surface area contributed by atoms with Crippen LogP contribution in [-0.2, 0) is 9.53 Å². The van der Waals surface area contributed by atoms with Gasteiger partial charge in [0.15, 0.2) is 6.10 Å². The zero-order valence-electron chi connectivity index (χ0n) is 14.9. The minimum atomic E-state index is -0.957. The van der Waals surface area contributed by atoms with E-state index in [2.05, 4.69) is 19.2 Å². The lowest BCUT2D eigenvalue weighted by Gasteiger charge is -2.18. The van der Waals surface area contributed by atoms with E-state index in [0.717, 1.165) is 17.7 Å². The highest BCUT2D eigenvalue weighted by atomic mass is 35.5. The minimum Gasteiger partial charge on any atom is -0.449 e. The average molecular weight is 394 g/mol. The van der Waals surface area contributed by atoms with Gasteiger partial charge in [-0.05, 0) is 49.1 Å². The van der Waals surface area contributed by atoms with Crippen LogP contribution < -0.4 is 5.32 Å². The Bertz CT molecular complexity index is 807. The van der Waals surface area contributed by atoms with Crippen molar-refractivity contribution in [2.24, 2.45) is 0 Å². The molecule has 0 aliphatic rings. The van der Waals surface area contributed by atoms with Crippen molar-refractivity contribution in [1.82, 2.24) is 0 Å². The predicted molar refractivity (Wildman–Crippen MR) is 105 cm³/mol. The molecule has 1 N–H and O–H groups in total. The van der Waals surface area contributed by atoms with Crippen LogP contribution in [0.2, 0.25) is 10.0 Å². The highest BCUT2D eigenvalue weighted by Gasteiger charge is 2.21. The molecule has 0 radical (unpaired) electrons. The fraction of sp³-hybridized carbons (Fsp3) is 0.300. The van der Waals surface area contributed by atoms with Crippen molar-refractivity contribution >= 4 is 40.8 Å². The second-order valence-corrected chi connectivity index (χ2v) is 6.88. The highest BCUT2D eigenvalue weighted by molar-refractivity contribution is 6.42. The van der Waals surface area contributed by atoms with Crippen molar-refractivity contribution in [2.45, 2.75) is 39.2 Å². The quantitative estimate of drug-likeness (QED) is 0.641. The molecule has 0 heterocycles. The van der Waals surface area contributed by atoms with E-state index in [4.69, 9.17) is 27.9 Å². The molecule has 2 aromatic rings. The molecule has 0 aromatic heterocycles. The van der Waals surface area contributed by atoms with Crippen LogP contribution in [0, 0.1) is 0 Å². The van der Waals surface area contributed by atoms with Crippen molar-refractivity contribution in [3.8, 4) is 0 Å². The second kappa shape index (κ2) is 9.06. The van der Waals surface area contributed by atoms with E-state index in [-0.39, 0.29) is 10.6 Å². The Morgan fingerprint density at radius 1 is 1.08 bits per heavy atom. The largest absolute Gasteiger partial charge is 0.449 e. The van der Waals surface area contributed by atoms with Crippen molar-refractivity contribution in [2.75, 3.05) is 5.32 Å². The number of hydrogen-bond acceptors (Lipinski definition) is 3. The number of hydrogen-bond donors (Lipinski definition) is 1. The minimum absolute atomic E-state index is 0.235. The molecule has 0 bridgehead atoms. The number of para-hydroxylation sites is 1. The van der Waals surface area contributed by atoms with Crippen LogP contribution in [0.4, 0.5) is 5.69 Å². The molecule has 0 aliphatic carbocycles. The van der Waals surface area contributed by atoms with Gasteiger partial charge in [-0.1, -0.05) is 55.2 Å². The number of carbonyl (C=O) groups is 2. The Balaban J connectivity index is 2.06. The van der Waals surface area contributed by atoms with Gasteiger partial charge in [-0.15, -0.1) is 0 Å². The van der Waals surface area contributed by atoms with Gasteiger partial charge in [0.2, 0.25) is 0 Å². The van der Waals surface area contributed by atoms with E-state index in [1.54, 1.807) is 0 Å². The van der Waals surface area contributed by atoms with E-state index in [0.29, 0.717) is 10.9 Å². The van der Waals surface area contributed by atoms with Crippen LogP contribution in [-0.4, -0.2) is 18.0 Å². The zero-order valence-corrected chi connectivity index (χ0v) is 16.4. The van der Waals surface area contributed by atoms with Gasteiger partial charge in [-0.2, -0.15) is 0 Å². The van der Waals surface area contributed by atoms with Crippen LogP contribution >= 0.6 is 23.2 Å². The molecule has 2 atom stereocenters. The molecule has 1 amide bonds. The summed E-state index contributed by atoms with van der Waals surface area (Å²) in [5, 5.41) is 3.43. The van der Waals surface area contributed by atoms with Crippen molar-refractivity contribution < 1.29 is 14.3 Å². The Labute approximate surface area is 163 Å². The number of anilines is 1. The van der Waals surface area contributed by atoms with Crippen LogP contribution in [0.15, 0.2) is 42.5 Å². The average Bonchev–Trinajstić information content (AvgIpc) is 2.63. The molecular weight excluding hydrogens is 373 g/mol. The van der Waals surface area contributed by atoms with E-state index in [1.165, 1.54) is 25.1 Å². The molecule has 138 valence electrons. The summed E-state index contributed by atoms with van der Waals surface area (Å²) in [5.74, 6) is -0.726. The lowest BCUT2D eigenvalue weighted by molar-refractivity contribution is -0.123. The third kappa shape index (κ3) is 4.99. The van der Waals surface area contributed by atoms with Crippen molar-refractivity contribution in [3.05, 3.63) is 63.6 Å². The topological polar surface area (TPSA) is 55.4 Å². The first-order chi connectivity index (χ1) is 12.3. The molecule has 0 aliphatic heterocycles. The first-order valence-corrected chi connectivity index (χ1v) is 9.14. The van der Waals surface area contributed by atoms with Gasteiger partial charge >= 0.3 is 5.97 Å². The maximum Gasteiger partial charge on any atom is 0.338 e. The summed E-state index contributed by atoms with van der Waals surface area (Å²) in [4.78, 5) is 24.6. The molecular formula is C20H21Cl2NO3. The normalized spacial score (nSPS) is 13.0. The Morgan fingerprint density at radius 3 is 2.42 bits per heavy atom. The second-order valence-electron chi connectivity index (χ2n) is 6.06. The van der Waals surface area contributed by atoms with Crippen LogP contribution in [0.25, 0.3) is 0 Å². The summed E-state index contributed by atoms with van der Waals surface area (Å²) in [6, 6.07) is 12.0. The molecule has 0 unspecified atom stereocenters. The number of benzene rings is 2.